The number of allylic oxidation sites excluding steroid dienone is 5. The second kappa shape index (κ2) is 12.3. The molecule has 6 rings (SSSR count). The van der Waals surface area contributed by atoms with Crippen LogP contribution in [0.3, 0.4) is 0 Å². The van der Waals surface area contributed by atoms with Crippen LogP contribution in [-0.4, -0.2) is 3.21 Å². The van der Waals surface area contributed by atoms with Crippen molar-refractivity contribution < 1.29 is 46.1 Å². The third kappa shape index (κ3) is 5.37. The standard InChI is InChI=1S/C13H9.C13H10.C8H9.2ClH.Zr/c1-3-7-12-10(5-1)9-11-6-2-4-8-13(11)12;1-3-7-12(8-4-1)11-13-9-5-2-6-10-13;1-2-5-8-6-3-4-7-8;;;/h1-5,7-8H,9H2;1-10H;2,6-7H,1,3,5H2;2*1H;/q;;;;;+2/p-2. The molecule has 2 aliphatic rings. The maximum absolute atomic E-state index is 3.99. The molecule has 0 unspecified atom stereocenters. The Kier molecular flexibility index (Phi) is 9.14. The molecular formula is C34H28Cl2Zr. The summed E-state index contributed by atoms with van der Waals surface area (Å²) in [6.45, 7) is 3.99. The second-order valence-electron chi connectivity index (χ2n) is 9.29. The average molecular weight is 599 g/mol. The Balaban J connectivity index is 0.00000160. The van der Waals surface area contributed by atoms with E-state index >= 15 is 0 Å². The summed E-state index contributed by atoms with van der Waals surface area (Å²) < 4.78 is 4.87. The van der Waals surface area contributed by atoms with E-state index in [0.29, 0.717) is 0 Å². The smallest absolute Gasteiger partial charge is 1.00 e. The van der Waals surface area contributed by atoms with E-state index in [1.165, 1.54) is 33.4 Å². The van der Waals surface area contributed by atoms with Crippen LogP contribution >= 0.6 is 0 Å². The minimum Gasteiger partial charge on any atom is -1.00 e. The van der Waals surface area contributed by atoms with Crippen molar-refractivity contribution in [3.8, 4) is 11.1 Å². The first-order chi connectivity index (χ1) is 17.3. The van der Waals surface area contributed by atoms with Crippen LogP contribution in [-0.2, 0) is 27.7 Å². The van der Waals surface area contributed by atoms with Crippen LogP contribution in [0.25, 0.3) is 11.1 Å². The van der Waals surface area contributed by atoms with Crippen molar-refractivity contribution in [3.63, 3.8) is 0 Å². The molecule has 0 radical (unpaired) electrons. The summed E-state index contributed by atoms with van der Waals surface area (Å²) in [5.74, 6) is 0. The molecular weight excluding hydrogens is 571 g/mol. The predicted octanol–water partition coefficient (Wildman–Crippen LogP) is 1.57. The van der Waals surface area contributed by atoms with Gasteiger partial charge >= 0.3 is 217 Å². The molecule has 0 atom stereocenters. The van der Waals surface area contributed by atoms with Gasteiger partial charge in [0.2, 0.25) is 0 Å². The van der Waals surface area contributed by atoms with Gasteiger partial charge < -0.3 is 24.8 Å². The van der Waals surface area contributed by atoms with E-state index in [1.54, 1.807) is 15.3 Å². The summed E-state index contributed by atoms with van der Waals surface area (Å²) in [5.41, 5.74) is 10.0. The van der Waals surface area contributed by atoms with Crippen LogP contribution < -0.4 is 28.1 Å². The van der Waals surface area contributed by atoms with E-state index < -0.39 is 21.3 Å². The first kappa shape index (κ1) is 27.5. The zero-order valence-electron chi connectivity index (χ0n) is 20.6. The number of benzene rings is 4. The monoisotopic (exact) mass is 596 g/mol. The fourth-order valence-corrected chi connectivity index (χ4v) is 13.6. The molecule has 0 aromatic heterocycles. The molecule has 0 aliphatic heterocycles. The van der Waals surface area contributed by atoms with E-state index in [9.17, 15) is 0 Å². The number of hydrogen-bond donors (Lipinski definition) is 0. The molecule has 0 amide bonds. The summed E-state index contributed by atoms with van der Waals surface area (Å²) in [6.07, 6.45) is 10.0. The molecule has 0 spiro atoms. The summed E-state index contributed by atoms with van der Waals surface area (Å²) >= 11 is -2.57. The summed E-state index contributed by atoms with van der Waals surface area (Å²) in [5, 5.41) is 0. The Morgan fingerprint density at radius 2 is 1.35 bits per heavy atom. The molecule has 0 N–H and O–H groups in total. The van der Waals surface area contributed by atoms with Crippen LogP contribution in [0.2, 0.25) is 0 Å². The number of rotatable bonds is 6. The normalized spacial score (nSPS) is 12.5. The number of hydrogen-bond acceptors (Lipinski definition) is 0. The van der Waals surface area contributed by atoms with E-state index in [-0.39, 0.29) is 24.8 Å². The maximum Gasteiger partial charge on any atom is -1.00 e. The van der Waals surface area contributed by atoms with E-state index in [2.05, 4.69) is 122 Å². The molecule has 0 saturated carbocycles. The fourth-order valence-electron chi connectivity index (χ4n) is 5.59. The van der Waals surface area contributed by atoms with Gasteiger partial charge in [0.1, 0.15) is 0 Å². The Morgan fingerprint density at radius 1 is 0.730 bits per heavy atom. The minimum absolute atomic E-state index is 0. The van der Waals surface area contributed by atoms with Crippen LogP contribution in [0.15, 0.2) is 137 Å². The van der Waals surface area contributed by atoms with Crippen molar-refractivity contribution in [1.82, 2.24) is 0 Å². The quantitative estimate of drug-likeness (QED) is 0.261. The zero-order chi connectivity index (χ0) is 23.6. The van der Waals surface area contributed by atoms with E-state index in [0.717, 1.165) is 19.3 Å². The molecule has 4 aromatic carbocycles. The van der Waals surface area contributed by atoms with Crippen molar-refractivity contribution >= 4 is 6.48 Å². The Morgan fingerprint density at radius 3 is 2.03 bits per heavy atom. The number of halogens is 2. The van der Waals surface area contributed by atoms with Crippen molar-refractivity contribution in [1.29, 1.82) is 0 Å². The topological polar surface area (TPSA) is 0 Å². The molecule has 4 aromatic rings. The van der Waals surface area contributed by atoms with Gasteiger partial charge in [-0.1, -0.05) is 0 Å². The van der Waals surface area contributed by atoms with E-state index in [1.807, 2.05) is 6.08 Å². The van der Waals surface area contributed by atoms with E-state index in [4.69, 9.17) is 0 Å². The predicted molar refractivity (Wildman–Crippen MR) is 146 cm³/mol. The minimum atomic E-state index is -2.57. The largest absolute Gasteiger partial charge is 1.00 e. The van der Waals surface area contributed by atoms with Gasteiger partial charge in [0.15, 0.2) is 0 Å². The summed E-state index contributed by atoms with van der Waals surface area (Å²) in [6, 6.07) is 38.3. The van der Waals surface area contributed by atoms with Crippen molar-refractivity contribution in [2.24, 2.45) is 0 Å². The van der Waals surface area contributed by atoms with Crippen molar-refractivity contribution in [2.75, 3.05) is 0 Å². The molecule has 2 aliphatic carbocycles. The van der Waals surface area contributed by atoms with Gasteiger partial charge in [0.25, 0.3) is 0 Å². The first-order valence-electron chi connectivity index (χ1n) is 12.4. The average Bonchev–Trinajstić information content (AvgIpc) is 3.53. The third-order valence-electron chi connectivity index (χ3n) is 7.14. The van der Waals surface area contributed by atoms with Gasteiger partial charge in [-0.15, -0.1) is 0 Å². The molecule has 0 bridgehead atoms. The Bertz CT molecular complexity index is 1470. The molecule has 182 valence electrons. The Labute approximate surface area is 240 Å². The van der Waals surface area contributed by atoms with Gasteiger partial charge in [-0.2, -0.15) is 0 Å². The molecule has 3 heteroatoms. The SMILES string of the molecule is C=CCC1=CC[C]([Zr+2](=[C](c2ccccc2)c2ccccc2)[c]2cccc3c2Cc2ccccc2-3)=C1.[Cl-].[Cl-]. The van der Waals surface area contributed by atoms with Crippen LogP contribution in [0, 0.1) is 0 Å². The Hall–Kier alpha value is -2.57. The molecule has 0 saturated heterocycles. The molecule has 0 nitrogen and oxygen atoms in total. The van der Waals surface area contributed by atoms with Gasteiger partial charge in [-0.3, -0.25) is 0 Å². The summed E-state index contributed by atoms with van der Waals surface area (Å²) in [7, 11) is 0. The van der Waals surface area contributed by atoms with Gasteiger partial charge in [0, 0.05) is 0 Å². The summed E-state index contributed by atoms with van der Waals surface area (Å²) in [4.78, 5) is 0. The van der Waals surface area contributed by atoms with Crippen molar-refractivity contribution in [3.05, 3.63) is 159 Å². The van der Waals surface area contributed by atoms with Crippen LogP contribution in [0.4, 0.5) is 0 Å². The van der Waals surface area contributed by atoms with Gasteiger partial charge in [-0.05, 0) is 0 Å². The fraction of sp³-hybridized carbons (Fsp3) is 0.0882. The van der Waals surface area contributed by atoms with Gasteiger partial charge in [-0.25, -0.2) is 0 Å². The first-order valence-corrected chi connectivity index (χ1v) is 16.1. The second-order valence-corrected chi connectivity index (χ2v) is 15.3. The number of fused-ring (bicyclic) bond motifs is 3. The van der Waals surface area contributed by atoms with Gasteiger partial charge in [0.05, 0.1) is 0 Å². The van der Waals surface area contributed by atoms with Crippen LogP contribution in [0.5, 0.6) is 0 Å². The molecule has 0 heterocycles. The zero-order valence-corrected chi connectivity index (χ0v) is 24.6. The molecule has 0 fully saturated rings. The van der Waals surface area contributed by atoms with Crippen molar-refractivity contribution in [2.45, 2.75) is 19.3 Å². The molecule has 37 heavy (non-hydrogen) atoms. The third-order valence-corrected chi connectivity index (χ3v) is 14.7. The maximum atomic E-state index is 3.99. The van der Waals surface area contributed by atoms with Crippen LogP contribution in [0.1, 0.15) is 35.1 Å².